The SMILES string of the molecule is c1coc(N2CCO[C]2C2=NCCO2)n1. The summed E-state index contributed by atoms with van der Waals surface area (Å²) in [6.45, 7) is 2.60. The van der Waals surface area contributed by atoms with E-state index in [1.165, 1.54) is 6.26 Å². The third kappa shape index (κ3) is 1.46. The topological polar surface area (TPSA) is 60.1 Å². The fourth-order valence-electron chi connectivity index (χ4n) is 1.59. The Bertz CT molecular complexity index is 363. The number of anilines is 1. The minimum absolute atomic E-state index is 0.515. The number of oxazole rings is 1. The van der Waals surface area contributed by atoms with Gasteiger partial charge in [-0.1, -0.05) is 0 Å². The van der Waals surface area contributed by atoms with Crippen LogP contribution in [0.4, 0.5) is 6.01 Å². The predicted molar refractivity (Wildman–Crippen MR) is 51.3 cm³/mol. The molecule has 1 aromatic rings. The Morgan fingerprint density at radius 3 is 3.00 bits per heavy atom. The summed E-state index contributed by atoms with van der Waals surface area (Å²) >= 11 is 0. The summed E-state index contributed by atoms with van der Waals surface area (Å²) < 4.78 is 16.0. The molecule has 0 N–H and O–H groups in total. The van der Waals surface area contributed by atoms with E-state index in [9.17, 15) is 0 Å². The van der Waals surface area contributed by atoms with E-state index in [2.05, 4.69) is 9.98 Å². The first kappa shape index (κ1) is 8.72. The number of nitrogens with zero attached hydrogens (tertiary/aromatic N) is 3. The van der Waals surface area contributed by atoms with Gasteiger partial charge in [-0.05, 0) is 0 Å². The Morgan fingerprint density at radius 1 is 1.27 bits per heavy atom. The van der Waals surface area contributed by atoms with E-state index in [-0.39, 0.29) is 0 Å². The van der Waals surface area contributed by atoms with Gasteiger partial charge in [0.2, 0.25) is 5.90 Å². The molecular weight excluding hydrogens is 198 g/mol. The number of aliphatic imine (C=N–C) groups is 1. The van der Waals surface area contributed by atoms with Gasteiger partial charge in [-0.2, -0.15) is 0 Å². The summed E-state index contributed by atoms with van der Waals surface area (Å²) in [6, 6.07) is 0.515. The Morgan fingerprint density at radius 2 is 2.27 bits per heavy atom. The van der Waals surface area contributed by atoms with Crippen molar-refractivity contribution in [2.45, 2.75) is 0 Å². The maximum atomic E-state index is 5.46. The largest absolute Gasteiger partial charge is 0.475 e. The van der Waals surface area contributed by atoms with Crippen molar-refractivity contribution in [3.63, 3.8) is 0 Å². The van der Waals surface area contributed by atoms with E-state index in [1.54, 1.807) is 6.20 Å². The quantitative estimate of drug-likeness (QED) is 0.705. The lowest BCUT2D eigenvalue weighted by atomic mass is 10.5. The highest BCUT2D eigenvalue weighted by molar-refractivity contribution is 5.92. The molecular formula is C9H10N3O3. The highest BCUT2D eigenvalue weighted by Crippen LogP contribution is 2.26. The van der Waals surface area contributed by atoms with E-state index in [4.69, 9.17) is 13.9 Å². The maximum Gasteiger partial charge on any atom is 0.300 e. The molecule has 79 valence electrons. The van der Waals surface area contributed by atoms with Crippen LogP contribution in [0, 0.1) is 6.23 Å². The summed E-state index contributed by atoms with van der Waals surface area (Å²) in [5, 5.41) is 0. The van der Waals surface area contributed by atoms with Crippen molar-refractivity contribution >= 4 is 11.9 Å². The zero-order valence-electron chi connectivity index (χ0n) is 8.05. The van der Waals surface area contributed by atoms with Gasteiger partial charge < -0.3 is 13.9 Å². The number of ether oxygens (including phenoxy) is 2. The molecule has 0 aromatic carbocycles. The molecule has 1 fully saturated rings. The lowest BCUT2D eigenvalue weighted by Crippen LogP contribution is -2.30. The summed E-state index contributed by atoms with van der Waals surface area (Å²) in [7, 11) is 0. The summed E-state index contributed by atoms with van der Waals surface area (Å²) in [4.78, 5) is 10.1. The maximum absolute atomic E-state index is 5.46. The van der Waals surface area contributed by atoms with Gasteiger partial charge >= 0.3 is 0 Å². The number of rotatable bonds is 2. The average Bonchev–Trinajstić information content (AvgIpc) is 3.01. The second-order valence-electron chi connectivity index (χ2n) is 3.16. The van der Waals surface area contributed by atoms with Crippen molar-refractivity contribution in [1.82, 2.24) is 4.98 Å². The molecule has 3 heterocycles. The van der Waals surface area contributed by atoms with Crippen molar-refractivity contribution < 1.29 is 13.9 Å². The van der Waals surface area contributed by atoms with Crippen LogP contribution in [0.1, 0.15) is 0 Å². The zero-order chi connectivity index (χ0) is 10.1. The summed E-state index contributed by atoms with van der Waals surface area (Å²) in [5.41, 5.74) is 0. The number of hydrogen-bond donors (Lipinski definition) is 0. The lowest BCUT2D eigenvalue weighted by Gasteiger charge is -2.18. The molecule has 6 nitrogen and oxygen atoms in total. The molecule has 0 saturated carbocycles. The molecule has 3 rings (SSSR count). The normalized spacial score (nSPS) is 21.9. The molecule has 0 amide bonds. The van der Waals surface area contributed by atoms with Crippen molar-refractivity contribution in [3.05, 3.63) is 18.7 Å². The zero-order valence-corrected chi connectivity index (χ0v) is 8.05. The Labute approximate surface area is 86.5 Å². The smallest absolute Gasteiger partial charge is 0.300 e. The molecule has 0 unspecified atom stereocenters. The molecule has 0 aliphatic carbocycles. The molecule has 2 aliphatic heterocycles. The molecule has 2 aliphatic rings. The van der Waals surface area contributed by atoms with Crippen molar-refractivity contribution in [2.75, 3.05) is 31.2 Å². The van der Waals surface area contributed by atoms with Crippen LogP contribution in [-0.4, -0.2) is 37.2 Å². The van der Waals surface area contributed by atoms with Gasteiger partial charge in [-0.15, -0.1) is 0 Å². The van der Waals surface area contributed by atoms with Crippen molar-refractivity contribution in [2.24, 2.45) is 4.99 Å². The first-order valence-electron chi connectivity index (χ1n) is 4.79. The third-order valence-electron chi connectivity index (χ3n) is 2.22. The molecule has 1 saturated heterocycles. The first-order chi connectivity index (χ1) is 7.45. The van der Waals surface area contributed by atoms with Crippen LogP contribution < -0.4 is 4.90 Å². The van der Waals surface area contributed by atoms with E-state index >= 15 is 0 Å². The molecule has 1 aromatic heterocycles. The Hall–Kier alpha value is -1.56. The molecule has 0 spiro atoms. The van der Waals surface area contributed by atoms with Crippen molar-refractivity contribution in [3.8, 4) is 0 Å². The first-order valence-corrected chi connectivity index (χ1v) is 4.79. The van der Waals surface area contributed by atoms with Crippen LogP contribution in [0.3, 0.4) is 0 Å². The molecule has 0 bridgehead atoms. The Kier molecular flexibility index (Phi) is 2.06. The van der Waals surface area contributed by atoms with Gasteiger partial charge in [-0.3, -0.25) is 4.90 Å². The highest BCUT2D eigenvalue weighted by atomic mass is 16.6. The van der Waals surface area contributed by atoms with Gasteiger partial charge in [-0.25, -0.2) is 9.98 Å². The Balaban J connectivity index is 1.83. The van der Waals surface area contributed by atoms with Gasteiger partial charge in [0.05, 0.1) is 19.3 Å². The predicted octanol–water partition coefficient (Wildman–Crippen LogP) is 0.429. The van der Waals surface area contributed by atoms with Gasteiger partial charge in [0.15, 0.2) is 0 Å². The highest BCUT2D eigenvalue weighted by Gasteiger charge is 2.37. The summed E-state index contributed by atoms with van der Waals surface area (Å²) in [5.74, 6) is 0.547. The van der Waals surface area contributed by atoms with E-state index < -0.39 is 0 Å². The van der Waals surface area contributed by atoms with Crippen LogP contribution in [0.15, 0.2) is 21.9 Å². The second kappa shape index (κ2) is 3.54. The van der Waals surface area contributed by atoms with E-state index in [0.717, 1.165) is 0 Å². The van der Waals surface area contributed by atoms with Crippen molar-refractivity contribution in [1.29, 1.82) is 0 Å². The van der Waals surface area contributed by atoms with E-state index in [0.29, 0.717) is 44.4 Å². The standard InChI is InChI=1S/C9H10N3O3/c1-4-13-7(10-1)8-12(3-6-14-8)9-11-2-5-15-9/h2,5H,1,3-4,6H2. The van der Waals surface area contributed by atoms with Crippen LogP contribution in [0.5, 0.6) is 0 Å². The number of hydrogen-bond acceptors (Lipinski definition) is 6. The fraction of sp³-hybridized carbons (Fsp3) is 0.444. The van der Waals surface area contributed by atoms with Gasteiger partial charge in [0.1, 0.15) is 12.9 Å². The van der Waals surface area contributed by atoms with Gasteiger partial charge in [0, 0.05) is 6.54 Å². The van der Waals surface area contributed by atoms with Crippen LogP contribution in [-0.2, 0) is 9.47 Å². The lowest BCUT2D eigenvalue weighted by molar-refractivity contribution is 0.208. The average molecular weight is 208 g/mol. The minimum atomic E-state index is 0.515. The molecule has 15 heavy (non-hydrogen) atoms. The number of aromatic nitrogens is 1. The summed E-state index contributed by atoms with van der Waals surface area (Å²) in [6.07, 6.45) is 3.74. The second-order valence-corrected chi connectivity index (χ2v) is 3.16. The van der Waals surface area contributed by atoms with Crippen LogP contribution >= 0.6 is 0 Å². The molecule has 1 radical (unpaired) electrons. The monoisotopic (exact) mass is 208 g/mol. The fourth-order valence-corrected chi connectivity index (χ4v) is 1.59. The molecule has 6 heteroatoms. The van der Waals surface area contributed by atoms with E-state index in [1.807, 2.05) is 4.90 Å². The van der Waals surface area contributed by atoms with Crippen LogP contribution in [0.2, 0.25) is 0 Å². The third-order valence-corrected chi connectivity index (χ3v) is 2.22. The van der Waals surface area contributed by atoms with Gasteiger partial charge in [0.25, 0.3) is 12.2 Å². The van der Waals surface area contributed by atoms with Crippen LogP contribution in [0.25, 0.3) is 0 Å². The minimum Gasteiger partial charge on any atom is -0.475 e. The molecule has 0 atom stereocenters.